The summed E-state index contributed by atoms with van der Waals surface area (Å²) in [6.07, 6.45) is 0.367. The summed E-state index contributed by atoms with van der Waals surface area (Å²) in [5.74, 6) is 2.19. The van der Waals surface area contributed by atoms with Crippen LogP contribution in [0.4, 0.5) is 5.69 Å². The number of aromatic nitrogens is 2. The lowest BCUT2D eigenvalue weighted by Gasteiger charge is -2.09. The molecule has 2 aromatic carbocycles. The topological polar surface area (TPSA) is 65.4 Å². The van der Waals surface area contributed by atoms with Gasteiger partial charge in [-0.15, -0.1) is 0 Å². The minimum atomic E-state index is -0.0484. The summed E-state index contributed by atoms with van der Waals surface area (Å²) in [5.41, 5.74) is 2.75. The van der Waals surface area contributed by atoms with Crippen LogP contribution >= 0.6 is 0 Å². The van der Waals surface area contributed by atoms with E-state index < -0.39 is 0 Å². The number of carbonyl (C=O) groups excluding carboxylic acids is 1. The molecular weight excluding hydrogens is 354 g/mol. The number of amides is 1. The van der Waals surface area contributed by atoms with Crippen molar-refractivity contribution in [2.24, 2.45) is 0 Å². The van der Waals surface area contributed by atoms with Crippen LogP contribution in [-0.4, -0.2) is 22.3 Å². The van der Waals surface area contributed by atoms with E-state index in [4.69, 9.17) is 9.47 Å². The zero-order valence-electron chi connectivity index (χ0n) is 16.4. The van der Waals surface area contributed by atoms with E-state index in [0.29, 0.717) is 25.3 Å². The Morgan fingerprint density at radius 3 is 2.18 bits per heavy atom. The first-order valence-electron chi connectivity index (χ1n) is 9.35. The van der Waals surface area contributed by atoms with Crippen LogP contribution in [0.3, 0.4) is 0 Å². The molecule has 146 valence electrons. The van der Waals surface area contributed by atoms with Crippen molar-refractivity contribution in [2.75, 3.05) is 11.9 Å². The molecule has 0 spiro atoms. The predicted octanol–water partition coefficient (Wildman–Crippen LogP) is 4.72. The minimum Gasteiger partial charge on any atom is -0.494 e. The molecule has 0 aliphatic rings. The van der Waals surface area contributed by atoms with Gasteiger partial charge >= 0.3 is 0 Å². The zero-order chi connectivity index (χ0) is 19.9. The van der Waals surface area contributed by atoms with Crippen LogP contribution in [0.1, 0.15) is 24.7 Å². The van der Waals surface area contributed by atoms with Gasteiger partial charge in [0, 0.05) is 24.3 Å². The van der Waals surface area contributed by atoms with Crippen LogP contribution in [0, 0.1) is 13.8 Å². The molecule has 3 aromatic rings. The Morgan fingerprint density at radius 1 is 1.00 bits per heavy atom. The lowest BCUT2D eigenvalue weighted by atomic mass is 10.2. The molecule has 1 amide bonds. The normalized spacial score (nSPS) is 10.5. The van der Waals surface area contributed by atoms with Crippen LogP contribution < -0.4 is 14.8 Å². The quantitative estimate of drug-likeness (QED) is 0.615. The van der Waals surface area contributed by atoms with Gasteiger partial charge in [-0.2, -0.15) is 5.10 Å². The number of rotatable bonds is 8. The number of aryl methyl sites for hydroxylation is 3. The number of ether oxygens (including phenoxy) is 2. The SMILES string of the molecule is CCOc1ccc(Oc2ccc(NC(=O)CCn3nc(C)cc3C)cc2)cc1. The Labute approximate surface area is 165 Å². The fourth-order valence-electron chi connectivity index (χ4n) is 2.85. The molecule has 28 heavy (non-hydrogen) atoms. The number of carbonyl (C=O) groups is 1. The second-order valence-electron chi connectivity index (χ2n) is 6.48. The lowest BCUT2D eigenvalue weighted by molar-refractivity contribution is -0.116. The fourth-order valence-corrected chi connectivity index (χ4v) is 2.85. The van der Waals surface area contributed by atoms with Gasteiger partial charge in [0.2, 0.25) is 5.91 Å². The number of hydrogen-bond donors (Lipinski definition) is 1. The molecule has 1 heterocycles. The Balaban J connectivity index is 1.50. The highest BCUT2D eigenvalue weighted by Crippen LogP contribution is 2.25. The molecule has 0 aliphatic carbocycles. The molecule has 0 radical (unpaired) electrons. The molecule has 0 aliphatic heterocycles. The Kier molecular flexibility index (Phi) is 6.32. The van der Waals surface area contributed by atoms with Gasteiger partial charge in [-0.3, -0.25) is 9.48 Å². The summed E-state index contributed by atoms with van der Waals surface area (Å²) in [7, 11) is 0. The maximum atomic E-state index is 12.2. The van der Waals surface area contributed by atoms with Gasteiger partial charge in [0.15, 0.2) is 0 Å². The zero-order valence-corrected chi connectivity index (χ0v) is 16.4. The molecule has 0 fully saturated rings. The van der Waals surface area contributed by atoms with Crippen molar-refractivity contribution in [1.82, 2.24) is 9.78 Å². The molecule has 1 N–H and O–H groups in total. The summed E-state index contributed by atoms with van der Waals surface area (Å²) in [6.45, 7) is 7.07. The standard InChI is InChI=1S/C22H25N3O3/c1-4-27-19-9-11-21(12-10-19)28-20-7-5-18(6-8-20)23-22(26)13-14-25-17(3)15-16(2)24-25/h5-12,15H,4,13-14H2,1-3H3,(H,23,26). The third-order valence-electron chi connectivity index (χ3n) is 4.16. The van der Waals surface area contributed by atoms with Crippen molar-refractivity contribution >= 4 is 11.6 Å². The maximum Gasteiger partial charge on any atom is 0.226 e. The summed E-state index contributed by atoms with van der Waals surface area (Å²) < 4.78 is 13.1. The van der Waals surface area contributed by atoms with E-state index in [1.165, 1.54) is 0 Å². The van der Waals surface area contributed by atoms with Gasteiger partial charge in [-0.25, -0.2) is 0 Å². The van der Waals surface area contributed by atoms with Crippen LogP contribution in [0.25, 0.3) is 0 Å². The molecular formula is C22H25N3O3. The van der Waals surface area contributed by atoms with E-state index in [9.17, 15) is 4.79 Å². The molecule has 0 bridgehead atoms. The lowest BCUT2D eigenvalue weighted by Crippen LogP contribution is -2.15. The van der Waals surface area contributed by atoms with Crippen molar-refractivity contribution in [2.45, 2.75) is 33.7 Å². The van der Waals surface area contributed by atoms with E-state index >= 15 is 0 Å². The van der Waals surface area contributed by atoms with Gasteiger partial charge in [0.25, 0.3) is 0 Å². The highest BCUT2D eigenvalue weighted by molar-refractivity contribution is 5.90. The van der Waals surface area contributed by atoms with Crippen molar-refractivity contribution in [3.05, 3.63) is 66.0 Å². The summed E-state index contributed by atoms with van der Waals surface area (Å²) in [6, 6.07) is 16.8. The predicted molar refractivity (Wildman–Crippen MR) is 109 cm³/mol. The number of anilines is 1. The minimum absolute atomic E-state index is 0.0484. The number of hydrogen-bond acceptors (Lipinski definition) is 4. The monoisotopic (exact) mass is 379 g/mol. The molecule has 0 unspecified atom stereocenters. The molecule has 6 heteroatoms. The van der Waals surface area contributed by atoms with E-state index in [1.54, 1.807) is 0 Å². The van der Waals surface area contributed by atoms with Crippen molar-refractivity contribution < 1.29 is 14.3 Å². The molecule has 3 rings (SSSR count). The van der Waals surface area contributed by atoms with Gasteiger partial charge in [-0.05, 0) is 75.4 Å². The van der Waals surface area contributed by atoms with E-state index in [0.717, 1.165) is 28.6 Å². The van der Waals surface area contributed by atoms with Gasteiger partial charge in [0.05, 0.1) is 12.3 Å². The average molecular weight is 379 g/mol. The van der Waals surface area contributed by atoms with Crippen LogP contribution in [0.2, 0.25) is 0 Å². The summed E-state index contributed by atoms with van der Waals surface area (Å²) in [5, 5.41) is 7.27. The van der Waals surface area contributed by atoms with E-state index in [2.05, 4.69) is 10.4 Å². The number of benzene rings is 2. The van der Waals surface area contributed by atoms with Gasteiger partial charge in [-0.1, -0.05) is 0 Å². The second-order valence-corrected chi connectivity index (χ2v) is 6.48. The van der Waals surface area contributed by atoms with Gasteiger partial charge < -0.3 is 14.8 Å². The first kappa shape index (κ1) is 19.5. The number of nitrogens with zero attached hydrogens (tertiary/aromatic N) is 2. The van der Waals surface area contributed by atoms with E-state index in [1.807, 2.05) is 80.1 Å². The third kappa shape index (κ3) is 5.36. The summed E-state index contributed by atoms with van der Waals surface area (Å²) in [4.78, 5) is 12.2. The van der Waals surface area contributed by atoms with Gasteiger partial charge in [0.1, 0.15) is 17.2 Å². The second kappa shape index (κ2) is 9.08. The number of nitrogens with one attached hydrogen (secondary N) is 1. The Morgan fingerprint density at radius 2 is 1.61 bits per heavy atom. The largest absolute Gasteiger partial charge is 0.494 e. The van der Waals surface area contributed by atoms with Crippen molar-refractivity contribution in [3.8, 4) is 17.2 Å². The molecule has 6 nitrogen and oxygen atoms in total. The molecule has 0 saturated heterocycles. The van der Waals surface area contributed by atoms with E-state index in [-0.39, 0.29) is 5.91 Å². The first-order chi connectivity index (χ1) is 13.5. The van der Waals surface area contributed by atoms with Crippen LogP contribution in [0.15, 0.2) is 54.6 Å². The highest BCUT2D eigenvalue weighted by Gasteiger charge is 2.06. The Bertz CT molecular complexity index is 915. The molecule has 0 atom stereocenters. The first-order valence-corrected chi connectivity index (χ1v) is 9.35. The molecule has 1 aromatic heterocycles. The Hall–Kier alpha value is -3.28. The third-order valence-corrected chi connectivity index (χ3v) is 4.16. The average Bonchev–Trinajstić information content (AvgIpc) is 3.01. The van der Waals surface area contributed by atoms with Crippen molar-refractivity contribution in [1.29, 1.82) is 0 Å². The van der Waals surface area contributed by atoms with Crippen LogP contribution in [0.5, 0.6) is 17.2 Å². The highest BCUT2D eigenvalue weighted by atomic mass is 16.5. The maximum absolute atomic E-state index is 12.2. The molecule has 0 saturated carbocycles. The van der Waals surface area contributed by atoms with Crippen molar-refractivity contribution in [3.63, 3.8) is 0 Å². The summed E-state index contributed by atoms with van der Waals surface area (Å²) >= 11 is 0. The smallest absolute Gasteiger partial charge is 0.226 e. The fraction of sp³-hybridized carbons (Fsp3) is 0.273. The van der Waals surface area contributed by atoms with Crippen LogP contribution in [-0.2, 0) is 11.3 Å².